The summed E-state index contributed by atoms with van der Waals surface area (Å²) in [5, 5.41) is 10.0. The molecule has 0 atom stereocenters. The third-order valence-corrected chi connectivity index (χ3v) is 3.60. The lowest BCUT2D eigenvalue weighted by Crippen LogP contribution is -1.93. The SMILES string of the molecule is Cn1c(-c2ccc(N)cc2O)nc2cc(Br)ccc21. The zero-order valence-electron chi connectivity index (χ0n) is 10.3. The number of hydrogen-bond acceptors (Lipinski definition) is 3. The van der Waals surface area contributed by atoms with Crippen LogP contribution in [0.15, 0.2) is 40.9 Å². The third-order valence-electron chi connectivity index (χ3n) is 3.11. The van der Waals surface area contributed by atoms with Gasteiger partial charge in [0.05, 0.1) is 16.6 Å². The molecule has 0 bridgehead atoms. The second-order valence-corrected chi connectivity index (χ2v) is 5.32. The van der Waals surface area contributed by atoms with Crippen molar-refractivity contribution in [3.8, 4) is 17.1 Å². The summed E-state index contributed by atoms with van der Waals surface area (Å²) < 4.78 is 2.93. The molecular weight excluding hydrogens is 306 g/mol. The Kier molecular flexibility index (Phi) is 2.71. The van der Waals surface area contributed by atoms with Crippen molar-refractivity contribution in [2.45, 2.75) is 0 Å². The summed E-state index contributed by atoms with van der Waals surface area (Å²) >= 11 is 3.43. The monoisotopic (exact) mass is 317 g/mol. The lowest BCUT2D eigenvalue weighted by atomic mass is 10.1. The van der Waals surface area contributed by atoms with E-state index in [2.05, 4.69) is 20.9 Å². The second kappa shape index (κ2) is 4.28. The van der Waals surface area contributed by atoms with E-state index in [1.54, 1.807) is 12.1 Å². The van der Waals surface area contributed by atoms with Crippen LogP contribution in [-0.2, 0) is 7.05 Å². The third kappa shape index (κ3) is 1.96. The molecule has 1 heterocycles. The van der Waals surface area contributed by atoms with E-state index >= 15 is 0 Å². The fraction of sp³-hybridized carbons (Fsp3) is 0.0714. The summed E-state index contributed by atoms with van der Waals surface area (Å²) in [6.45, 7) is 0. The number of benzene rings is 2. The van der Waals surface area contributed by atoms with Gasteiger partial charge in [0.15, 0.2) is 0 Å². The largest absolute Gasteiger partial charge is 0.507 e. The fourth-order valence-electron chi connectivity index (χ4n) is 2.15. The molecule has 0 aliphatic carbocycles. The first-order valence-corrected chi connectivity index (χ1v) is 6.56. The standard InChI is InChI=1S/C14H12BrN3O/c1-18-12-5-2-8(15)6-11(12)17-14(18)10-4-3-9(16)7-13(10)19/h2-7,19H,16H2,1H3. The number of hydrogen-bond donors (Lipinski definition) is 2. The molecule has 0 saturated heterocycles. The highest BCUT2D eigenvalue weighted by atomic mass is 79.9. The Morgan fingerprint density at radius 1 is 1.21 bits per heavy atom. The minimum atomic E-state index is 0.137. The first-order valence-electron chi connectivity index (χ1n) is 5.77. The maximum absolute atomic E-state index is 10.0. The van der Waals surface area contributed by atoms with Gasteiger partial charge in [0.25, 0.3) is 0 Å². The van der Waals surface area contributed by atoms with Crippen LogP contribution < -0.4 is 5.73 Å². The molecule has 2 aromatic carbocycles. The predicted octanol–water partition coefficient (Wildman–Crippen LogP) is 3.29. The molecular formula is C14H12BrN3O. The number of nitrogen functional groups attached to an aromatic ring is 1. The number of aryl methyl sites for hydroxylation is 1. The van der Waals surface area contributed by atoms with Crippen LogP contribution in [0.3, 0.4) is 0 Å². The van der Waals surface area contributed by atoms with E-state index in [1.807, 2.05) is 29.8 Å². The molecule has 19 heavy (non-hydrogen) atoms. The summed E-state index contributed by atoms with van der Waals surface area (Å²) in [4.78, 5) is 4.57. The van der Waals surface area contributed by atoms with Crippen LogP contribution in [0.1, 0.15) is 0 Å². The van der Waals surface area contributed by atoms with Gasteiger partial charge in [0.2, 0.25) is 0 Å². The number of phenols is 1. The number of fused-ring (bicyclic) bond motifs is 1. The highest BCUT2D eigenvalue weighted by Gasteiger charge is 2.13. The minimum Gasteiger partial charge on any atom is -0.507 e. The molecule has 4 nitrogen and oxygen atoms in total. The highest BCUT2D eigenvalue weighted by molar-refractivity contribution is 9.10. The summed E-state index contributed by atoms with van der Waals surface area (Å²) in [5.74, 6) is 0.850. The lowest BCUT2D eigenvalue weighted by molar-refractivity contribution is 0.477. The van der Waals surface area contributed by atoms with Gasteiger partial charge in [-0.05, 0) is 30.3 Å². The fourth-order valence-corrected chi connectivity index (χ4v) is 2.50. The van der Waals surface area contributed by atoms with E-state index in [1.165, 1.54) is 6.07 Å². The Balaban J connectivity index is 2.27. The van der Waals surface area contributed by atoms with Crippen molar-refractivity contribution in [1.82, 2.24) is 9.55 Å². The molecule has 3 aromatic rings. The van der Waals surface area contributed by atoms with Crippen molar-refractivity contribution in [1.29, 1.82) is 0 Å². The van der Waals surface area contributed by atoms with Gasteiger partial charge in [-0.1, -0.05) is 15.9 Å². The van der Waals surface area contributed by atoms with Gasteiger partial charge in [-0.15, -0.1) is 0 Å². The van der Waals surface area contributed by atoms with Crippen LogP contribution in [0, 0.1) is 0 Å². The van der Waals surface area contributed by atoms with E-state index in [0.717, 1.165) is 15.5 Å². The van der Waals surface area contributed by atoms with Crippen LogP contribution in [0.25, 0.3) is 22.4 Å². The number of nitrogens with zero attached hydrogens (tertiary/aromatic N) is 2. The molecule has 0 fully saturated rings. The number of aromatic hydroxyl groups is 1. The first kappa shape index (κ1) is 12.0. The van der Waals surface area contributed by atoms with Gasteiger partial charge >= 0.3 is 0 Å². The normalized spacial score (nSPS) is 11.1. The van der Waals surface area contributed by atoms with Crippen molar-refractivity contribution < 1.29 is 5.11 Å². The zero-order chi connectivity index (χ0) is 13.6. The van der Waals surface area contributed by atoms with Crippen LogP contribution in [0.5, 0.6) is 5.75 Å². The molecule has 3 rings (SSSR count). The predicted molar refractivity (Wildman–Crippen MR) is 79.9 cm³/mol. The Labute approximate surface area is 118 Å². The zero-order valence-corrected chi connectivity index (χ0v) is 11.8. The quantitative estimate of drug-likeness (QED) is 0.677. The van der Waals surface area contributed by atoms with Crippen molar-refractivity contribution in [3.05, 3.63) is 40.9 Å². The van der Waals surface area contributed by atoms with E-state index in [0.29, 0.717) is 17.1 Å². The lowest BCUT2D eigenvalue weighted by Gasteiger charge is -2.05. The van der Waals surface area contributed by atoms with E-state index in [4.69, 9.17) is 5.73 Å². The second-order valence-electron chi connectivity index (χ2n) is 4.40. The van der Waals surface area contributed by atoms with Gasteiger partial charge in [-0.25, -0.2) is 4.98 Å². The number of halogens is 1. The average Bonchev–Trinajstić information content (AvgIpc) is 2.66. The average molecular weight is 318 g/mol. The number of anilines is 1. The Morgan fingerprint density at radius 2 is 2.00 bits per heavy atom. The molecule has 0 aliphatic rings. The number of rotatable bonds is 1. The van der Waals surface area contributed by atoms with Gasteiger partial charge in [-0.3, -0.25) is 0 Å². The molecule has 0 amide bonds. The summed E-state index contributed by atoms with van der Waals surface area (Å²) in [5.41, 5.74) is 8.73. The maximum atomic E-state index is 10.0. The Bertz CT molecular complexity index is 780. The Hall–Kier alpha value is -2.01. The molecule has 96 valence electrons. The first-order chi connectivity index (χ1) is 9.06. The van der Waals surface area contributed by atoms with E-state index < -0.39 is 0 Å². The van der Waals surface area contributed by atoms with Gasteiger partial charge in [0.1, 0.15) is 11.6 Å². The highest BCUT2D eigenvalue weighted by Crippen LogP contribution is 2.32. The smallest absolute Gasteiger partial charge is 0.144 e. The minimum absolute atomic E-state index is 0.137. The number of phenolic OH excluding ortho intramolecular Hbond substituents is 1. The van der Waals surface area contributed by atoms with Crippen molar-refractivity contribution in [3.63, 3.8) is 0 Å². The number of imidazole rings is 1. The van der Waals surface area contributed by atoms with E-state index in [9.17, 15) is 5.11 Å². The summed E-state index contributed by atoms with van der Waals surface area (Å²) in [7, 11) is 1.92. The molecule has 0 unspecified atom stereocenters. The van der Waals surface area contributed by atoms with Crippen LogP contribution in [-0.4, -0.2) is 14.7 Å². The summed E-state index contributed by atoms with van der Waals surface area (Å²) in [6.07, 6.45) is 0. The van der Waals surface area contributed by atoms with Crippen LogP contribution in [0.4, 0.5) is 5.69 Å². The van der Waals surface area contributed by atoms with Gasteiger partial charge < -0.3 is 15.4 Å². The van der Waals surface area contributed by atoms with E-state index in [-0.39, 0.29) is 5.75 Å². The Morgan fingerprint density at radius 3 is 2.74 bits per heavy atom. The van der Waals surface area contributed by atoms with Crippen molar-refractivity contribution in [2.24, 2.45) is 7.05 Å². The molecule has 1 aromatic heterocycles. The van der Waals surface area contributed by atoms with Crippen LogP contribution in [0.2, 0.25) is 0 Å². The molecule has 3 N–H and O–H groups in total. The molecule has 5 heteroatoms. The molecule has 0 saturated carbocycles. The number of aromatic nitrogens is 2. The molecule has 0 radical (unpaired) electrons. The van der Waals surface area contributed by atoms with Crippen LogP contribution >= 0.6 is 15.9 Å². The molecule has 0 spiro atoms. The van der Waals surface area contributed by atoms with Gasteiger partial charge in [0, 0.05) is 23.3 Å². The molecule has 0 aliphatic heterocycles. The maximum Gasteiger partial charge on any atom is 0.144 e. The van der Waals surface area contributed by atoms with Gasteiger partial charge in [-0.2, -0.15) is 0 Å². The number of nitrogens with two attached hydrogens (primary N) is 1. The topological polar surface area (TPSA) is 64.1 Å². The van der Waals surface area contributed by atoms with Crippen molar-refractivity contribution >= 4 is 32.7 Å². The van der Waals surface area contributed by atoms with Crippen molar-refractivity contribution in [2.75, 3.05) is 5.73 Å². The summed E-state index contributed by atoms with van der Waals surface area (Å²) in [6, 6.07) is 11.0.